The molecule has 0 spiro atoms. The van der Waals surface area contributed by atoms with E-state index in [4.69, 9.17) is 23.2 Å². The summed E-state index contributed by atoms with van der Waals surface area (Å²) in [6.07, 6.45) is 0.104. The molecule has 2 aromatic rings. The molecule has 3 rings (SSSR count). The van der Waals surface area contributed by atoms with E-state index < -0.39 is 11.7 Å². The molecule has 1 atom stereocenters. The zero-order valence-electron chi connectivity index (χ0n) is 12.4. The molecule has 0 unspecified atom stereocenters. The Hall–Kier alpha value is -2.11. The minimum Gasteiger partial charge on any atom is -0.326 e. The van der Waals surface area contributed by atoms with Crippen molar-refractivity contribution in [3.05, 3.63) is 58.3 Å². The summed E-state index contributed by atoms with van der Waals surface area (Å²) in [5.74, 6) is -1.51. The van der Waals surface area contributed by atoms with E-state index in [-0.39, 0.29) is 29.8 Å². The van der Waals surface area contributed by atoms with Crippen LogP contribution in [-0.4, -0.2) is 18.4 Å². The van der Waals surface area contributed by atoms with Crippen LogP contribution in [0.2, 0.25) is 10.0 Å². The van der Waals surface area contributed by atoms with Crippen molar-refractivity contribution in [2.45, 2.75) is 6.42 Å². The van der Waals surface area contributed by atoms with Crippen LogP contribution in [0.5, 0.6) is 0 Å². The first-order valence-corrected chi connectivity index (χ1v) is 8.01. The Morgan fingerprint density at radius 2 is 2.00 bits per heavy atom. The lowest BCUT2D eigenvalue weighted by Gasteiger charge is -2.17. The van der Waals surface area contributed by atoms with Gasteiger partial charge in [-0.05, 0) is 36.4 Å². The van der Waals surface area contributed by atoms with E-state index in [0.717, 1.165) is 0 Å². The van der Waals surface area contributed by atoms with Crippen molar-refractivity contribution in [3.63, 3.8) is 0 Å². The van der Waals surface area contributed by atoms with Crippen LogP contribution in [-0.2, 0) is 9.59 Å². The first-order chi connectivity index (χ1) is 11.4. The topological polar surface area (TPSA) is 49.4 Å². The number of halogens is 3. The molecule has 0 radical (unpaired) electrons. The molecule has 1 saturated heterocycles. The highest BCUT2D eigenvalue weighted by Crippen LogP contribution is 2.28. The molecular weight excluding hydrogens is 354 g/mol. The molecule has 7 heteroatoms. The SMILES string of the molecule is O=C(Nc1ccc(F)c(Cl)c1)[C@@H]1CC(=O)N(c2cccc(Cl)c2)C1. The Kier molecular flexibility index (Phi) is 4.73. The van der Waals surface area contributed by atoms with E-state index in [9.17, 15) is 14.0 Å². The van der Waals surface area contributed by atoms with Crippen molar-refractivity contribution in [1.82, 2.24) is 0 Å². The quantitative estimate of drug-likeness (QED) is 0.887. The molecule has 1 N–H and O–H groups in total. The smallest absolute Gasteiger partial charge is 0.229 e. The molecule has 24 heavy (non-hydrogen) atoms. The Morgan fingerprint density at radius 1 is 1.21 bits per heavy atom. The second kappa shape index (κ2) is 6.79. The van der Waals surface area contributed by atoms with Crippen LogP contribution < -0.4 is 10.2 Å². The average molecular weight is 367 g/mol. The number of hydrogen-bond acceptors (Lipinski definition) is 2. The van der Waals surface area contributed by atoms with E-state index >= 15 is 0 Å². The number of rotatable bonds is 3. The highest BCUT2D eigenvalue weighted by atomic mass is 35.5. The van der Waals surface area contributed by atoms with Crippen LogP contribution in [0, 0.1) is 11.7 Å². The fourth-order valence-corrected chi connectivity index (χ4v) is 2.96. The van der Waals surface area contributed by atoms with Gasteiger partial charge >= 0.3 is 0 Å². The van der Waals surface area contributed by atoms with Gasteiger partial charge in [-0.1, -0.05) is 29.3 Å². The lowest BCUT2D eigenvalue weighted by atomic mass is 10.1. The summed E-state index contributed by atoms with van der Waals surface area (Å²) < 4.78 is 13.2. The van der Waals surface area contributed by atoms with Crippen molar-refractivity contribution in [1.29, 1.82) is 0 Å². The van der Waals surface area contributed by atoms with Gasteiger partial charge in [0.05, 0.1) is 10.9 Å². The monoisotopic (exact) mass is 366 g/mol. The molecule has 124 valence electrons. The molecule has 2 amide bonds. The van der Waals surface area contributed by atoms with Gasteiger partial charge in [-0.2, -0.15) is 0 Å². The molecule has 4 nitrogen and oxygen atoms in total. The molecule has 0 aliphatic carbocycles. The van der Waals surface area contributed by atoms with Gasteiger partial charge in [0.1, 0.15) is 5.82 Å². The summed E-state index contributed by atoms with van der Waals surface area (Å²) in [4.78, 5) is 26.1. The van der Waals surface area contributed by atoms with Crippen LogP contribution in [0.15, 0.2) is 42.5 Å². The highest BCUT2D eigenvalue weighted by molar-refractivity contribution is 6.31. The molecule has 0 saturated carbocycles. The normalized spacial score (nSPS) is 17.2. The van der Waals surface area contributed by atoms with Crippen LogP contribution >= 0.6 is 23.2 Å². The third-order valence-corrected chi connectivity index (χ3v) is 4.33. The maximum absolute atomic E-state index is 13.2. The standard InChI is InChI=1S/C17H13Cl2FN2O2/c18-11-2-1-3-13(7-11)22-9-10(6-16(22)23)17(24)21-12-4-5-15(20)14(19)8-12/h1-5,7-8,10H,6,9H2,(H,21,24)/t10-/m1/s1. The summed E-state index contributed by atoms with van der Waals surface area (Å²) >= 11 is 11.6. The summed E-state index contributed by atoms with van der Waals surface area (Å²) in [6.45, 7) is 0.264. The summed E-state index contributed by atoms with van der Waals surface area (Å²) in [7, 11) is 0. The van der Waals surface area contributed by atoms with E-state index in [1.165, 1.54) is 23.1 Å². The minimum atomic E-state index is -0.558. The molecule has 1 fully saturated rings. The number of nitrogens with one attached hydrogen (secondary N) is 1. The fourth-order valence-electron chi connectivity index (χ4n) is 2.59. The fraction of sp³-hybridized carbons (Fsp3) is 0.176. The van der Waals surface area contributed by atoms with Crippen LogP contribution in [0.1, 0.15) is 6.42 Å². The van der Waals surface area contributed by atoms with Gasteiger partial charge in [-0.15, -0.1) is 0 Å². The van der Waals surface area contributed by atoms with Gasteiger partial charge in [0.2, 0.25) is 11.8 Å². The number of carbonyl (C=O) groups excluding carboxylic acids is 2. The third kappa shape index (κ3) is 3.52. The number of benzene rings is 2. The molecule has 2 aromatic carbocycles. The van der Waals surface area contributed by atoms with E-state index in [1.807, 2.05) is 0 Å². The van der Waals surface area contributed by atoms with Crippen LogP contribution in [0.4, 0.5) is 15.8 Å². The van der Waals surface area contributed by atoms with Crippen molar-refractivity contribution < 1.29 is 14.0 Å². The van der Waals surface area contributed by atoms with Gasteiger partial charge in [0.15, 0.2) is 0 Å². The Morgan fingerprint density at radius 3 is 2.71 bits per heavy atom. The number of nitrogens with zero attached hydrogens (tertiary/aromatic N) is 1. The maximum atomic E-state index is 13.2. The van der Waals surface area contributed by atoms with Gasteiger partial charge in [0.25, 0.3) is 0 Å². The van der Waals surface area contributed by atoms with Crippen molar-refractivity contribution in [2.24, 2.45) is 5.92 Å². The van der Waals surface area contributed by atoms with Gasteiger partial charge < -0.3 is 10.2 Å². The number of hydrogen-bond donors (Lipinski definition) is 1. The van der Waals surface area contributed by atoms with Gasteiger partial charge in [-0.25, -0.2) is 4.39 Å². The Labute approximate surface area is 148 Å². The first kappa shape index (κ1) is 16.7. The van der Waals surface area contributed by atoms with Gasteiger partial charge in [0, 0.05) is 29.4 Å². The van der Waals surface area contributed by atoms with Crippen molar-refractivity contribution in [3.8, 4) is 0 Å². The molecule has 0 bridgehead atoms. The number of carbonyl (C=O) groups is 2. The largest absolute Gasteiger partial charge is 0.326 e. The van der Waals surface area contributed by atoms with E-state index in [2.05, 4.69) is 5.32 Å². The molecule has 0 aromatic heterocycles. The summed E-state index contributed by atoms with van der Waals surface area (Å²) in [5, 5.41) is 3.11. The van der Waals surface area contributed by atoms with Crippen LogP contribution in [0.25, 0.3) is 0 Å². The van der Waals surface area contributed by atoms with Crippen LogP contribution in [0.3, 0.4) is 0 Å². The molecule has 1 heterocycles. The Bertz CT molecular complexity index is 813. The Balaban J connectivity index is 1.70. The highest BCUT2D eigenvalue weighted by Gasteiger charge is 2.35. The second-order valence-corrected chi connectivity index (χ2v) is 6.35. The minimum absolute atomic E-state index is 0.0733. The zero-order valence-corrected chi connectivity index (χ0v) is 13.9. The molecule has 1 aliphatic heterocycles. The zero-order chi connectivity index (χ0) is 17.3. The maximum Gasteiger partial charge on any atom is 0.229 e. The van der Waals surface area contributed by atoms with Crippen molar-refractivity contribution in [2.75, 3.05) is 16.8 Å². The molecular formula is C17H13Cl2FN2O2. The summed E-state index contributed by atoms with van der Waals surface area (Å²) in [5.41, 5.74) is 1.05. The predicted octanol–water partition coefficient (Wildman–Crippen LogP) is 4.12. The van der Waals surface area contributed by atoms with E-state index in [0.29, 0.717) is 16.4 Å². The first-order valence-electron chi connectivity index (χ1n) is 7.26. The lowest BCUT2D eigenvalue weighted by molar-refractivity contribution is -0.122. The number of anilines is 2. The second-order valence-electron chi connectivity index (χ2n) is 5.50. The summed E-state index contributed by atoms with van der Waals surface area (Å²) in [6, 6.07) is 10.8. The lowest BCUT2D eigenvalue weighted by Crippen LogP contribution is -2.28. The predicted molar refractivity (Wildman–Crippen MR) is 92.0 cm³/mol. The average Bonchev–Trinajstić information content (AvgIpc) is 2.93. The molecule has 1 aliphatic rings. The van der Waals surface area contributed by atoms with Crippen molar-refractivity contribution >= 4 is 46.4 Å². The number of amides is 2. The van der Waals surface area contributed by atoms with Gasteiger partial charge in [-0.3, -0.25) is 9.59 Å². The third-order valence-electron chi connectivity index (χ3n) is 3.80. The van der Waals surface area contributed by atoms with E-state index in [1.54, 1.807) is 24.3 Å².